The fraction of sp³-hybridized carbons (Fsp3) is 0.211. The first-order chi connectivity index (χ1) is 11.7. The number of nitrogens with one attached hydrogen (secondary N) is 2. The van der Waals surface area contributed by atoms with Crippen molar-refractivity contribution in [1.82, 2.24) is 20.3 Å². The smallest absolute Gasteiger partial charge is 0.161 e. The van der Waals surface area contributed by atoms with E-state index in [0.29, 0.717) is 6.42 Å². The van der Waals surface area contributed by atoms with Gasteiger partial charge in [-0.25, -0.2) is 9.97 Å². The summed E-state index contributed by atoms with van der Waals surface area (Å²) in [6, 6.07) is 3.85. The highest BCUT2D eigenvalue weighted by Gasteiger charge is 2.19. The zero-order valence-electron chi connectivity index (χ0n) is 13.6. The predicted octanol–water partition coefficient (Wildman–Crippen LogP) is 3.35. The highest BCUT2D eigenvalue weighted by atomic mass is 16.1. The van der Waals surface area contributed by atoms with Crippen molar-refractivity contribution in [1.29, 1.82) is 0 Å². The molecule has 0 saturated carbocycles. The fourth-order valence-corrected chi connectivity index (χ4v) is 3.15. The monoisotopic (exact) mass is 318 g/mol. The minimum Gasteiger partial charge on any atom is -0.378 e. The van der Waals surface area contributed by atoms with Crippen LogP contribution >= 0.6 is 0 Å². The van der Waals surface area contributed by atoms with Crippen LogP contribution in [0.3, 0.4) is 0 Å². The van der Waals surface area contributed by atoms with Crippen LogP contribution < -0.4 is 5.32 Å². The molecule has 0 aliphatic carbocycles. The maximum atomic E-state index is 11.9. The Hall–Kier alpha value is -2.95. The first-order valence-electron chi connectivity index (χ1n) is 8.07. The number of ketones is 1. The molecule has 0 aromatic carbocycles. The van der Waals surface area contributed by atoms with Crippen molar-refractivity contribution in [2.45, 2.75) is 26.3 Å². The lowest BCUT2D eigenvalue weighted by molar-refractivity contribution is -0.119. The van der Waals surface area contributed by atoms with Gasteiger partial charge in [0.25, 0.3) is 0 Å². The third-order valence-electron chi connectivity index (χ3n) is 4.50. The van der Waals surface area contributed by atoms with Crippen LogP contribution in [0.2, 0.25) is 0 Å². The number of carbonyl (C=O) groups excluding carboxylic acids is 1. The summed E-state index contributed by atoms with van der Waals surface area (Å²) < 4.78 is 0. The van der Waals surface area contributed by atoms with Crippen molar-refractivity contribution in [3.05, 3.63) is 54.1 Å². The quantitative estimate of drug-likeness (QED) is 0.777. The summed E-state index contributed by atoms with van der Waals surface area (Å²) in [6.07, 6.45) is 10.0. The van der Waals surface area contributed by atoms with Crippen molar-refractivity contribution in [2.24, 2.45) is 0 Å². The van der Waals surface area contributed by atoms with Crippen LogP contribution in [0, 0.1) is 0 Å². The van der Waals surface area contributed by atoms with E-state index in [1.165, 1.54) is 0 Å². The molecule has 120 valence electrons. The van der Waals surface area contributed by atoms with Crippen LogP contribution in [-0.4, -0.2) is 26.8 Å². The maximum absolute atomic E-state index is 11.9. The fourth-order valence-electron chi connectivity index (χ4n) is 3.15. The third kappa shape index (κ3) is 2.29. The van der Waals surface area contributed by atoms with E-state index in [-0.39, 0.29) is 11.8 Å². The molecule has 1 unspecified atom stereocenters. The van der Waals surface area contributed by atoms with Gasteiger partial charge in [-0.05, 0) is 24.6 Å². The number of aromatic amines is 1. The average Bonchev–Trinajstić information content (AvgIpc) is 3.09. The average molecular weight is 318 g/mol. The summed E-state index contributed by atoms with van der Waals surface area (Å²) in [5, 5.41) is 5.25. The van der Waals surface area contributed by atoms with E-state index in [2.05, 4.69) is 26.3 Å². The molecule has 3 aromatic heterocycles. The molecule has 0 saturated heterocycles. The van der Waals surface area contributed by atoms with Gasteiger partial charge in [0.1, 0.15) is 6.04 Å². The largest absolute Gasteiger partial charge is 0.378 e. The predicted molar refractivity (Wildman–Crippen MR) is 95.4 cm³/mol. The maximum Gasteiger partial charge on any atom is 0.161 e. The lowest BCUT2D eigenvalue weighted by Gasteiger charge is -2.21. The number of carbonyl (C=O) groups is 1. The molecular weight excluding hydrogens is 300 g/mol. The second-order valence-corrected chi connectivity index (χ2v) is 6.03. The molecule has 0 fully saturated rings. The zero-order chi connectivity index (χ0) is 16.7. The van der Waals surface area contributed by atoms with E-state index >= 15 is 0 Å². The van der Waals surface area contributed by atoms with E-state index in [1.807, 2.05) is 44.6 Å². The Morgan fingerprint density at radius 2 is 2.21 bits per heavy atom. The molecule has 3 aromatic rings. The third-order valence-corrected chi connectivity index (χ3v) is 4.50. The van der Waals surface area contributed by atoms with Gasteiger partial charge in [0.15, 0.2) is 11.4 Å². The molecule has 2 N–H and O–H groups in total. The van der Waals surface area contributed by atoms with Gasteiger partial charge in [0.05, 0.1) is 5.52 Å². The molecule has 0 amide bonds. The van der Waals surface area contributed by atoms with Crippen molar-refractivity contribution in [3.8, 4) is 0 Å². The summed E-state index contributed by atoms with van der Waals surface area (Å²) in [6.45, 7) is 3.92. The molecule has 1 aliphatic rings. The molecule has 1 aliphatic heterocycles. The second-order valence-electron chi connectivity index (χ2n) is 6.03. The Balaban J connectivity index is 1.75. The van der Waals surface area contributed by atoms with Gasteiger partial charge >= 0.3 is 0 Å². The lowest BCUT2D eigenvalue weighted by atomic mass is 9.94. The van der Waals surface area contributed by atoms with E-state index in [9.17, 15) is 4.79 Å². The summed E-state index contributed by atoms with van der Waals surface area (Å²) in [4.78, 5) is 23.9. The number of Topliss-reactive ketones (excluding diaryl/α,β-unsaturated/α-hetero) is 1. The number of fused-ring (bicyclic) bond motifs is 3. The standard InChI is InChI=1S/C19H18N4O/c1-3-17(24)16-6-11(2)15(10-21-16)12-7-13-9-23-19-14(4-5-20-19)18(13)22-8-12/h4-10,16,21-22H,3H2,1-2H3. The van der Waals surface area contributed by atoms with Gasteiger partial charge in [-0.2, -0.15) is 0 Å². The minimum absolute atomic E-state index is 0.199. The lowest BCUT2D eigenvalue weighted by Crippen LogP contribution is -2.33. The van der Waals surface area contributed by atoms with Crippen LogP contribution in [-0.2, 0) is 4.79 Å². The van der Waals surface area contributed by atoms with Crippen molar-refractivity contribution in [3.63, 3.8) is 0 Å². The van der Waals surface area contributed by atoms with E-state index in [1.54, 1.807) is 6.20 Å². The van der Waals surface area contributed by atoms with Gasteiger partial charge in [0, 0.05) is 53.1 Å². The summed E-state index contributed by atoms with van der Waals surface area (Å²) in [7, 11) is 0. The van der Waals surface area contributed by atoms with Crippen molar-refractivity contribution in [2.75, 3.05) is 0 Å². The normalized spacial score (nSPS) is 17.5. The van der Waals surface area contributed by atoms with E-state index in [0.717, 1.165) is 38.6 Å². The number of pyridine rings is 2. The van der Waals surface area contributed by atoms with Crippen LogP contribution in [0.5, 0.6) is 0 Å². The Labute approximate surface area is 139 Å². The Bertz CT molecular complexity index is 1010. The molecule has 5 heteroatoms. The number of allylic oxidation sites excluding steroid dienone is 2. The molecular formula is C19H18N4O. The minimum atomic E-state index is -0.222. The van der Waals surface area contributed by atoms with Crippen LogP contribution in [0.1, 0.15) is 25.8 Å². The molecule has 24 heavy (non-hydrogen) atoms. The SMILES string of the molecule is CCC(=O)C1C=C(C)C(c2c[nH]c3c(cnc4nccc43)c2)=CN1. The number of rotatable bonds is 3. The van der Waals surface area contributed by atoms with Crippen molar-refractivity contribution < 1.29 is 4.79 Å². The molecule has 5 nitrogen and oxygen atoms in total. The van der Waals surface area contributed by atoms with Gasteiger partial charge < -0.3 is 10.3 Å². The molecule has 4 rings (SSSR count). The van der Waals surface area contributed by atoms with Crippen LogP contribution in [0.15, 0.2) is 48.6 Å². The topological polar surface area (TPSA) is 70.7 Å². The summed E-state index contributed by atoms with van der Waals surface area (Å²) in [5.74, 6) is 0.199. The van der Waals surface area contributed by atoms with Crippen LogP contribution in [0.25, 0.3) is 27.5 Å². The van der Waals surface area contributed by atoms with Crippen LogP contribution in [0.4, 0.5) is 0 Å². The van der Waals surface area contributed by atoms with E-state index in [4.69, 9.17) is 0 Å². The zero-order valence-corrected chi connectivity index (χ0v) is 13.6. The second kappa shape index (κ2) is 5.60. The molecule has 1 atom stereocenters. The van der Waals surface area contributed by atoms with Gasteiger partial charge in [-0.3, -0.25) is 4.79 Å². The van der Waals surface area contributed by atoms with Gasteiger partial charge in [-0.1, -0.05) is 13.0 Å². The molecule has 0 radical (unpaired) electrons. The van der Waals surface area contributed by atoms with E-state index < -0.39 is 0 Å². The number of hydrogen-bond acceptors (Lipinski definition) is 4. The number of hydrogen-bond donors (Lipinski definition) is 2. The Kier molecular flexibility index (Phi) is 3.41. The first-order valence-corrected chi connectivity index (χ1v) is 8.07. The Morgan fingerprint density at radius 3 is 3.00 bits per heavy atom. The molecule has 0 bridgehead atoms. The number of H-pyrrole nitrogens is 1. The highest BCUT2D eigenvalue weighted by molar-refractivity contribution is 6.02. The molecule has 0 spiro atoms. The molecule has 4 heterocycles. The summed E-state index contributed by atoms with van der Waals surface area (Å²) in [5.41, 5.74) is 5.02. The van der Waals surface area contributed by atoms with Crippen molar-refractivity contribution >= 4 is 33.3 Å². The highest BCUT2D eigenvalue weighted by Crippen LogP contribution is 2.29. The summed E-state index contributed by atoms with van der Waals surface area (Å²) >= 11 is 0. The Morgan fingerprint density at radius 1 is 1.33 bits per heavy atom. The van der Waals surface area contributed by atoms with Gasteiger partial charge in [0.2, 0.25) is 0 Å². The first kappa shape index (κ1) is 14.6. The number of aromatic nitrogens is 3. The van der Waals surface area contributed by atoms with Gasteiger partial charge in [-0.15, -0.1) is 0 Å². The number of nitrogens with zero attached hydrogens (tertiary/aromatic N) is 2. The number of dihydropyridines is 1.